The standard InChI is InChI=1S/C28H33F5N4O4S2/c29-27(30,28(31,32)33)11-10-20-17-35-23(18-34-20)19-4-8-22(9-5-19)43(39,40)26(12-14-37(15-13-26)21-6-7-21)25(38)36-42-24-3-1-2-16-41-24/h4-5,8-9,17-18,21,24H,1-3,6-7,10-16H2,(H,36,38). The quantitative estimate of drug-likeness (QED) is 0.273. The van der Waals surface area contributed by atoms with Crippen LogP contribution in [0.1, 0.15) is 57.1 Å². The van der Waals surface area contributed by atoms with E-state index in [4.69, 9.17) is 4.74 Å². The molecule has 2 aromatic rings. The van der Waals surface area contributed by atoms with Gasteiger partial charge in [-0.1, -0.05) is 12.1 Å². The summed E-state index contributed by atoms with van der Waals surface area (Å²) in [6.45, 7) is 1.59. The second-order valence-corrected chi connectivity index (χ2v) is 14.5. The molecule has 0 radical (unpaired) electrons. The van der Waals surface area contributed by atoms with E-state index < -0.39 is 45.4 Å². The number of nitrogens with zero attached hydrogens (tertiary/aromatic N) is 3. The molecule has 236 valence electrons. The van der Waals surface area contributed by atoms with Crippen LogP contribution in [0.2, 0.25) is 0 Å². The number of alkyl halides is 5. The molecule has 5 rings (SSSR count). The van der Waals surface area contributed by atoms with Gasteiger partial charge in [0.15, 0.2) is 14.6 Å². The van der Waals surface area contributed by atoms with E-state index >= 15 is 0 Å². The molecular formula is C28H33F5N4O4S2. The molecule has 1 aliphatic carbocycles. The van der Waals surface area contributed by atoms with Crippen LogP contribution >= 0.6 is 11.9 Å². The van der Waals surface area contributed by atoms with Crippen molar-refractivity contribution in [2.75, 3.05) is 19.7 Å². The molecule has 3 fully saturated rings. The van der Waals surface area contributed by atoms with Gasteiger partial charge in [0.05, 0.1) is 22.5 Å². The molecule has 1 aromatic heterocycles. The summed E-state index contributed by atoms with van der Waals surface area (Å²) in [6.07, 6.45) is -0.194. The topological polar surface area (TPSA) is 101 Å². The largest absolute Gasteiger partial charge is 0.453 e. The van der Waals surface area contributed by atoms with E-state index in [-0.39, 0.29) is 34.6 Å². The Hall–Kier alpha value is -2.36. The molecule has 2 aliphatic heterocycles. The third kappa shape index (κ3) is 6.99. The average molecular weight is 649 g/mol. The van der Waals surface area contributed by atoms with E-state index in [2.05, 4.69) is 19.6 Å². The number of hydrogen-bond donors (Lipinski definition) is 1. The predicted octanol–water partition coefficient (Wildman–Crippen LogP) is 5.34. The maximum Gasteiger partial charge on any atom is 0.453 e. The minimum Gasteiger partial charge on any atom is -0.366 e. The van der Waals surface area contributed by atoms with Crippen LogP contribution in [0.3, 0.4) is 0 Å². The Morgan fingerprint density at radius 3 is 2.28 bits per heavy atom. The number of halogens is 5. The minimum atomic E-state index is -5.64. The highest BCUT2D eigenvalue weighted by Crippen LogP contribution is 2.41. The number of carbonyl (C=O) groups excluding carboxylic acids is 1. The summed E-state index contributed by atoms with van der Waals surface area (Å²) < 4.78 is 98.8. The van der Waals surface area contributed by atoms with Crippen molar-refractivity contribution in [2.45, 2.75) is 91.0 Å². The number of amides is 1. The van der Waals surface area contributed by atoms with Gasteiger partial charge in [-0.3, -0.25) is 19.5 Å². The molecular weight excluding hydrogens is 615 g/mol. The summed E-state index contributed by atoms with van der Waals surface area (Å²) in [5, 5.41) is 0. The first-order valence-electron chi connectivity index (χ1n) is 14.2. The van der Waals surface area contributed by atoms with Crippen molar-refractivity contribution in [3.8, 4) is 11.3 Å². The van der Waals surface area contributed by atoms with Crippen molar-refractivity contribution >= 4 is 27.7 Å². The Morgan fingerprint density at radius 1 is 1.02 bits per heavy atom. The van der Waals surface area contributed by atoms with Crippen molar-refractivity contribution < 1.29 is 39.9 Å². The number of benzene rings is 1. The van der Waals surface area contributed by atoms with Crippen LogP contribution in [0, 0.1) is 0 Å². The highest BCUT2D eigenvalue weighted by molar-refractivity contribution is 7.98. The van der Waals surface area contributed by atoms with Gasteiger partial charge in [0.2, 0.25) is 0 Å². The molecule has 1 N–H and O–H groups in total. The molecule has 8 nitrogen and oxygen atoms in total. The van der Waals surface area contributed by atoms with Gasteiger partial charge in [0.25, 0.3) is 5.91 Å². The lowest BCUT2D eigenvalue weighted by molar-refractivity contribution is -0.284. The fourth-order valence-corrected chi connectivity index (χ4v) is 8.32. The van der Waals surface area contributed by atoms with E-state index in [0.29, 0.717) is 31.3 Å². The zero-order valence-corrected chi connectivity index (χ0v) is 24.9. The number of sulfone groups is 1. The van der Waals surface area contributed by atoms with Gasteiger partial charge >= 0.3 is 12.1 Å². The maximum absolute atomic E-state index is 14.1. The zero-order valence-electron chi connectivity index (χ0n) is 23.3. The molecule has 15 heteroatoms. The summed E-state index contributed by atoms with van der Waals surface area (Å²) in [6, 6.07) is 6.24. The lowest BCUT2D eigenvalue weighted by Gasteiger charge is -2.40. The van der Waals surface area contributed by atoms with Crippen molar-refractivity contribution in [3.63, 3.8) is 0 Å². The minimum absolute atomic E-state index is 0.0239. The zero-order chi connectivity index (χ0) is 30.9. The summed E-state index contributed by atoms with van der Waals surface area (Å²) in [7, 11) is -4.14. The number of rotatable bonds is 10. The smallest absolute Gasteiger partial charge is 0.366 e. The fourth-order valence-electron chi connectivity index (χ4n) is 5.41. The van der Waals surface area contributed by atoms with Gasteiger partial charge in [-0.05, 0) is 75.4 Å². The number of aryl methyl sites for hydroxylation is 1. The van der Waals surface area contributed by atoms with Gasteiger partial charge in [-0.25, -0.2) is 8.42 Å². The van der Waals surface area contributed by atoms with Crippen LogP contribution in [0.15, 0.2) is 41.6 Å². The number of piperidine rings is 1. The number of likely N-dealkylation sites (tertiary alicyclic amines) is 1. The molecule has 3 aliphatic rings. The van der Waals surface area contributed by atoms with E-state index in [1.165, 1.54) is 30.5 Å². The second kappa shape index (κ2) is 12.6. The summed E-state index contributed by atoms with van der Waals surface area (Å²) in [5.41, 5.74) is 0.487. The molecule has 0 bridgehead atoms. The van der Waals surface area contributed by atoms with Gasteiger partial charge in [-0.15, -0.1) is 0 Å². The monoisotopic (exact) mass is 648 g/mol. The van der Waals surface area contributed by atoms with E-state index in [1.54, 1.807) is 0 Å². The summed E-state index contributed by atoms with van der Waals surface area (Å²) in [5.74, 6) is -5.39. The van der Waals surface area contributed by atoms with Crippen molar-refractivity contribution in [3.05, 3.63) is 42.4 Å². The number of carbonyl (C=O) groups is 1. The summed E-state index contributed by atoms with van der Waals surface area (Å²) in [4.78, 5) is 23.9. The number of aromatic nitrogens is 2. The van der Waals surface area contributed by atoms with Crippen molar-refractivity contribution in [1.29, 1.82) is 0 Å². The Bertz CT molecular complexity index is 1370. The van der Waals surface area contributed by atoms with Gasteiger partial charge < -0.3 is 9.64 Å². The first-order chi connectivity index (χ1) is 20.3. The van der Waals surface area contributed by atoms with Crippen LogP contribution < -0.4 is 4.72 Å². The highest BCUT2D eigenvalue weighted by Gasteiger charge is 2.57. The third-order valence-electron chi connectivity index (χ3n) is 8.29. The lowest BCUT2D eigenvalue weighted by Crippen LogP contribution is -2.57. The molecule has 1 saturated carbocycles. The first-order valence-corrected chi connectivity index (χ1v) is 16.6. The normalized spacial score (nSPS) is 21.8. The van der Waals surface area contributed by atoms with Crippen molar-refractivity contribution in [2.24, 2.45) is 0 Å². The Labute approximate surface area is 251 Å². The van der Waals surface area contributed by atoms with Gasteiger partial charge in [0.1, 0.15) is 5.44 Å². The Balaban J connectivity index is 1.30. The van der Waals surface area contributed by atoms with Crippen LogP contribution in [0.25, 0.3) is 11.3 Å². The van der Waals surface area contributed by atoms with Crippen LogP contribution in [-0.2, 0) is 25.8 Å². The maximum atomic E-state index is 14.1. The van der Waals surface area contributed by atoms with Gasteiger partial charge in [-0.2, -0.15) is 22.0 Å². The molecule has 43 heavy (non-hydrogen) atoms. The van der Waals surface area contributed by atoms with E-state index in [9.17, 15) is 35.2 Å². The Kier molecular flexibility index (Phi) is 9.36. The third-order valence-corrected chi connectivity index (χ3v) is 11.7. The van der Waals surface area contributed by atoms with Crippen LogP contribution in [0.5, 0.6) is 0 Å². The van der Waals surface area contributed by atoms with E-state index in [0.717, 1.165) is 50.2 Å². The molecule has 1 aromatic carbocycles. The van der Waals surface area contributed by atoms with E-state index in [1.807, 2.05) is 0 Å². The number of hydrogen-bond acceptors (Lipinski definition) is 8. The SMILES string of the molecule is O=C(NSC1CCCCO1)C1(S(=O)(=O)c2ccc(-c3cnc(CCC(F)(F)C(F)(F)F)cn3)cc2)CCN(C2CC2)CC1. The molecule has 1 unspecified atom stereocenters. The second-order valence-electron chi connectivity index (χ2n) is 11.2. The molecule has 1 amide bonds. The lowest BCUT2D eigenvalue weighted by atomic mass is 9.95. The average Bonchev–Trinajstić information content (AvgIpc) is 3.85. The molecule has 3 heterocycles. The van der Waals surface area contributed by atoms with Crippen molar-refractivity contribution in [1.82, 2.24) is 19.6 Å². The number of nitrogens with one attached hydrogen (secondary N) is 1. The van der Waals surface area contributed by atoms with Crippen LogP contribution in [0.4, 0.5) is 22.0 Å². The molecule has 0 spiro atoms. The summed E-state index contributed by atoms with van der Waals surface area (Å²) >= 11 is 1.12. The molecule has 2 saturated heterocycles. The predicted molar refractivity (Wildman–Crippen MR) is 150 cm³/mol. The highest BCUT2D eigenvalue weighted by atomic mass is 32.2. The molecule has 1 atom stereocenters. The first kappa shape index (κ1) is 32.0. The fraction of sp³-hybridized carbons (Fsp3) is 0.607. The van der Waals surface area contributed by atoms with Gasteiger partial charge in [0, 0.05) is 43.9 Å². The number of ether oxygens (including phenoxy) is 1. The Morgan fingerprint density at radius 2 is 1.72 bits per heavy atom. The van der Waals surface area contributed by atoms with Crippen LogP contribution in [-0.4, -0.2) is 77.2 Å².